The van der Waals surface area contributed by atoms with E-state index in [-0.39, 0.29) is 0 Å². The summed E-state index contributed by atoms with van der Waals surface area (Å²) < 4.78 is 14.9. The van der Waals surface area contributed by atoms with Gasteiger partial charge in [0.15, 0.2) is 0 Å². The van der Waals surface area contributed by atoms with Crippen molar-refractivity contribution < 1.29 is 19.0 Å². The lowest BCUT2D eigenvalue weighted by atomic mass is 10.1. The Bertz CT molecular complexity index is 392. The minimum absolute atomic E-state index is 0.340. The van der Waals surface area contributed by atoms with Crippen LogP contribution in [0.15, 0.2) is 18.2 Å². The third-order valence-corrected chi connectivity index (χ3v) is 2.43. The molecule has 0 aromatic heterocycles. The minimum Gasteiger partial charge on any atom is -0.497 e. The molecule has 5 heteroatoms. The van der Waals surface area contributed by atoms with Crippen LogP contribution in [-0.2, 0) is 16.0 Å². The number of hydrogen-bond acceptors (Lipinski definition) is 5. The number of hydrogen-bond donors (Lipinski definition) is 1. The predicted octanol–water partition coefficient (Wildman–Crippen LogP) is 0.747. The first kappa shape index (κ1) is 13.3. The molecule has 1 atom stereocenters. The lowest BCUT2D eigenvalue weighted by molar-refractivity contribution is -0.142. The summed E-state index contributed by atoms with van der Waals surface area (Å²) in [5.74, 6) is 0.915. The molecule has 1 rings (SSSR count). The Kier molecular flexibility index (Phi) is 4.78. The number of methoxy groups -OCH3 is 3. The van der Waals surface area contributed by atoms with Gasteiger partial charge in [0.25, 0.3) is 0 Å². The van der Waals surface area contributed by atoms with E-state index in [0.29, 0.717) is 17.9 Å². The van der Waals surface area contributed by atoms with E-state index in [1.54, 1.807) is 32.4 Å². The number of nitrogens with two attached hydrogens (primary N) is 1. The molecule has 0 spiro atoms. The Labute approximate surface area is 100 Å². The van der Waals surface area contributed by atoms with Crippen LogP contribution in [0.4, 0.5) is 0 Å². The van der Waals surface area contributed by atoms with Gasteiger partial charge in [0.2, 0.25) is 0 Å². The highest BCUT2D eigenvalue weighted by Gasteiger charge is 2.17. The molecule has 94 valence electrons. The zero-order chi connectivity index (χ0) is 12.8. The number of benzene rings is 1. The fourth-order valence-corrected chi connectivity index (χ4v) is 1.51. The Hall–Kier alpha value is -1.75. The summed E-state index contributed by atoms with van der Waals surface area (Å²) in [6.45, 7) is 0. The first-order valence-electron chi connectivity index (χ1n) is 5.16. The van der Waals surface area contributed by atoms with Crippen LogP contribution in [0, 0.1) is 0 Å². The van der Waals surface area contributed by atoms with E-state index in [4.69, 9.17) is 15.2 Å². The Balaban J connectivity index is 2.91. The molecule has 0 amide bonds. The van der Waals surface area contributed by atoms with Crippen LogP contribution in [0.25, 0.3) is 0 Å². The molecule has 1 aromatic rings. The molecule has 0 fully saturated rings. The van der Waals surface area contributed by atoms with E-state index in [0.717, 1.165) is 5.56 Å². The van der Waals surface area contributed by atoms with E-state index < -0.39 is 12.0 Å². The Morgan fingerprint density at radius 2 is 2.00 bits per heavy atom. The maximum Gasteiger partial charge on any atom is 0.322 e. The van der Waals surface area contributed by atoms with Gasteiger partial charge in [-0.3, -0.25) is 4.79 Å². The molecule has 0 saturated heterocycles. The van der Waals surface area contributed by atoms with E-state index in [9.17, 15) is 4.79 Å². The number of esters is 1. The van der Waals surface area contributed by atoms with Crippen molar-refractivity contribution in [2.45, 2.75) is 12.5 Å². The fourth-order valence-electron chi connectivity index (χ4n) is 1.51. The maximum absolute atomic E-state index is 11.3. The van der Waals surface area contributed by atoms with Crippen LogP contribution in [-0.4, -0.2) is 33.3 Å². The summed E-state index contributed by atoms with van der Waals surface area (Å²) >= 11 is 0. The van der Waals surface area contributed by atoms with Crippen molar-refractivity contribution >= 4 is 5.97 Å². The smallest absolute Gasteiger partial charge is 0.322 e. The van der Waals surface area contributed by atoms with E-state index >= 15 is 0 Å². The number of carbonyl (C=O) groups excluding carboxylic acids is 1. The quantitative estimate of drug-likeness (QED) is 0.768. The molecule has 0 aliphatic rings. The van der Waals surface area contributed by atoms with Gasteiger partial charge in [-0.15, -0.1) is 0 Å². The molecule has 1 aromatic carbocycles. The van der Waals surface area contributed by atoms with Crippen molar-refractivity contribution in [3.63, 3.8) is 0 Å². The molecule has 0 aliphatic heterocycles. The zero-order valence-electron chi connectivity index (χ0n) is 10.2. The molecule has 17 heavy (non-hydrogen) atoms. The van der Waals surface area contributed by atoms with Gasteiger partial charge in [-0.2, -0.15) is 0 Å². The standard InChI is InChI=1S/C12H17NO4/c1-15-9-4-5-11(16-2)8(6-9)7-10(13)12(14)17-3/h4-6,10H,7,13H2,1-3H3/t10-/m0/s1. The van der Waals surface area contributed by atoms with Crippen molar-refractivity contribution in [1.82, 2.24) is 0 Å². The minimum atomic E-state index is -0.707. The molecule has 0 radical (unpaired) electrons. The number of ether oxygens (including phenoxy) is 3. The molecular weight excluding hydrogens is 222 g/mol. The van der Waals surface area contributed by atoms with Gasteiger partial charge in [-0.25, -0.2) is 0 Å². The molecule has 2 N–H and O–H groups in total. The van der Waals surface area contributed by atoms with Crippen LogP contribution >= 0.6 is 0 Å². The molecular formula is C12H17NO4. The van der Waals surface area contributed by atoms with Gasteiger partial charge in [0.1, 0.15) is 17.5 Å². The van der Waals surface area contributed by atoms with Crippen molar-refractivity contribution in [3.8, 4) is 11.5 Å². The van der Waals surface area contributed by atoms with Gasteiger partial charge < -0.3 is 19.9 Å². The zero-order valence-corrected chi connectivity index (χ0v) is 10.2. The highest BCUT2D eigenvalue weighted by atomic mass is 16.5. The number of carbonyl (C=O) groups is 1. The van der Waals surface area contributed by atoms with Gasteiger partial charge in [0, 0.05) is 6.42 Å². The fraction of sp³-hybridized carbons (Fsp3) is 0.417. The summed E-state index contributed by atoms with van der Waals surface area (Å²) in [5.41, 5.74) is 6.51. The predicted molar refractivity (Wildman–Crippen MR) is 63.2 cm³/mol. The molecule has 0 aliphatic carbocycles. The third-order valence-electron chi connectivity index (χ3n) is 2.43. The van der Waals surface area contributed by atoms with Crippen molar-refractivity contribution in [1.29, 1.82) is 0 Å². The SMILES string of the molecule is COC(=O)[C@@H](N)Cc1cc(OC)ccc1OC. The summed E-state index contributed by atoms with van der Waals surface area (Å²) in [7, 11) is 4.45. The van der Waals surface area contributed by atoms with Crippen molar-refractivity contribution in [2.75, 3.05) is 21.3 Å². The van der Waals surface area contributed by atoms with Crippen LogP contribution < -0.4 is 15.2 Å². The molecule has 0 saturated carbocycles. The van der Waals surface area contributed by atoms with Crippen molar-refractivity contribution in [3.05, 3.63) is 23.8 Å². The lowest BCUT2D eigenvalue weighted by Crippen LogP contribution is -2.33. The van der Waals surface area contributed by atoms with E-state index in [2.05, 4.69) is 4.74 Å². The van der Waals surface area contributed by atoms with Crippen LogP contribution in [0.1, 0.15) is 5.56 Å². The van der Waals surface area contributed by atoms with Crippen LogP contribution in [0.3, 0.4) is 0 Å². The average Bonchev–Trinajstić information content (AvgIpc) is 2.37. The van der Waals surface area contributed by atoms with E-state index in [1.165, 1.54) is 7.11 Å². The van der Waals surface area contributed by atoms with Crippen LogP contribution in [0.2, 0.25) is 0 Å². The van der Waals surface area contributed by atoms with Gasteiger partial charge in [0.05, 0.1) is 21.3 Å². The summed E-state index contributed by atoms with van der Waals surface area (Å²) in [4.78, 5) is 11.3. The average molecular weight is 239 g/mol. The normalized spacial score (nSPS) is 11.8. The monoisotopic (exact) mass is 239 g/mol. The summed E-state index contributed by atoms with van der Waals surface area (Å²) in [6, 6.07) is 4.65. The number of rotatable bonds is 5. The Morgan fingerprint density at radius 3 is 2.53 bits per heavy atom. The third kappa shape index (κ3) is 3.35. The Morgan fingerprint density at radius 1 is 1.29 bits per heavy atom. The highest BCUT2D eigenvalue weighted by Crippen LogP contribution is 2.24. The largest absolute Gasteiger partial charge is 0.497 e. The molecule has 0 unspecified atom stereocenters. The molecule has 0 bridgehead atoms. The summed E-state index contributed by atoms with van der Waals surface area (Å²) in [5, 5.41) is 0. The maximum atomic E-state index is 11.3. The van der Waals surface area contributed by atoms with Gasteiger partial charge >= 0.3 is 5.97 Å². The lowest BCUT2D eigenvalue weighted by Gasteiger charge is -2.13. The highest BCUT2D eigenvalue weighted by molar-refractivity contribution is 5.75. The van der Waals surface area contributed by atoms with Crippen LogP contribution in [0.5, 0.6) is 11.5 Å². The first-order valence-corrected chi connectivity index (χ1v) is 5.16. The van der Waals surface area contributed by atoms with Crippen molar-refractivity contribution in [2.24, 2.45) is 5.73 Å². The topological polar surface area (TPSA) is 70.8 Å². The second-order valence-electron chi connectivity index (χ2n) is 3.51. The van der Waals surface area contributed by atoms with Gasteiger partial charge in [-0.1, -0.05) is 0 Å². The molecule has 0 heterocycles. The molecule has 5 nitrogen and oxygen atoms in total. The second-order valence-corrected chi connectivity index (χ2v) is 3.51. The summed E-state index contributed by atoms with van der Waals surface area (Å²) in [6.07, 6.45) is 0.340. The van der Waals surface area contributed by atoms with Gasteiger partial charge in [-0.05, 0) is 23.8 Å². The first-order chi connectivity index (χ1) is 8.12. The second kappa shape index (κ2) is 6.10. The van der Waals surface area contributed by atoms with E-state index in [1.807, 2.05) is 0 Å².